The summed E-state index contributed by atoms with van der Waals surface area (Å²) in [4.78, 5) is 2.66. The van der Waals surface area contributed by atoms with E-state index in [1.807, 2.05) is 13.0 Å². The summed E-state index contributed by atoms with van der Waals surface area (Å²) >= 11 is 0. The molecule has 0 amide bonds. The lowest BCUT2D eigenvalue weighted by Gasteiger charge is -2.30. The van der Waals surface area contributed by atoms with Gasteiger partial charge in [0.2, 0.25) is 10.0 Å². The third kappa shape index (κ3) is 4.18. The first-order valence-electron chi connectivity index (χ1n) is 7.39. The van der Waals surface area contributed by atoms with Crippen molar-refractivity contribution in [2.45, 2.75) is 24.7 Å². The van der Waals surface area contributed by atoms with Gasteiger partial charge in [0.15, 0.2) is 0 Å². The van der Waals surface area contributed by atoms with Gasteiger partial charge in [-0.2, -0.15) is 0 Å². The van der Waals surface area contributed by atoms with Crippen molar-refractivity contribution in [3.05, 3.63) is 23.8 Å². The van der Waals surface area contributed by atoms with E-state index in [0.29, 0.717) is 10.8 Å². The topological polar surface area (TPSA) is 61.4 Å². The van der Waals surface area contributed by atoms with Gasteiger partial charge in [-0.05, 0) is 64.0 Å². The molecule has 6 heteroatoms. The molecule has 1 aliphatic rings. The molecule has 0 spiro atoms. The van der Waals surface area contributed by atoms with Crippen molar-refractivity contribution in [2.24, 2.45) is 5.92 Å². The third-order valence-electron chi connectivity index (χ3n) is 4.09. The monoisotopic (exact) mass is 311 g/mol. The minimum atomic E-state index is -3.39. The number of nitrogens with one attached hydrogen (secondary N) is 2. The second-order valence-electron chi connectivity index (χ2n) is 5.84. The molecule has 118 valence electrons. The lowest BCUT2D eigenvalue weighted by atomic mass is 9.98. The van der Waals surface area contributed by atoms with E-state index in [4.69, 9.17) is 0 Å². The summed E-state index contributed by atoms with van der Waals surface area (Å²) in [7, 11) is 0.193. The first-order chi connectivity index (χ1) is 9.92. The number of nitrogens with zero attached hydrogens (tertiary/aromatic N) is 1. The summed E-state index contributed by atoms with van der Waals surface area (Å²) < 4.78 is 26.1. The Kier molecular flexibility index (Phi) is 5.24. The highest BCUT2D eigenvalue weighted by atomic mass is 32.2. The Morgan fingerprint density at radius 3 is 2.81 bits per heavy atom. The van der Waals surface area contributed by atoms with Crippen LogP contribution in [-0.2, 0) is 10.0 Å². The zero-order valence-electron chi connectivity index (χ0n) is 13.0. The zero-order valence-corrected chi connectivity index (χ0v) is 13.8. The van der Waals surface area contributed by atoms with Gasteiger partial charge < -0.3 is 10.2 Å². The standard InChI is InChI=1S/C15H25N3O2S/c1-12-6-7-14(21(19,20)16-2)9-15(12)17-10-13-5-4-8-18(3)11-13/h6-7,9,13,16-17H,4-5,8,10-11H2,1-3H3. The van der Waals surface area contributed by atoms with E-state index >= 15 is 0 Å². The van der Waals surface area contributed by atoms with Gasteiger partial charge in [0.1, 0.15) is 0 Å². The summed E-state index contributed by atoms with van der Waals surface area (Å²) in [5.41, 5.74) is 1.97. The lowest BCUT2D eigenvalue weighted by Crippen LogP contribution is -2.35. The van der Waals surface area contributed by atoms with E-state index in [0.717, 1.165) is 24.3 Å². The number of sulfonamides is 1. The summed E-state index contributed by atoms with van der Waals surface area (Å²) in [5, 5.41) is 3.42. The largest absolute Gasteiger partial charge is 0.384 e. The average Bonchev–Trinajstić information content (AvgIpc) is 2.46. The highest BCUT2D eigenvalue weighted by Crippen LogP contribution is 2.22. The molecule has 1 aromatic carbocycles. The molecule has 21 heavy (non-hydrogen) atoms. The number of hydrogen-bond acceptors (Lipinski definition) is 4. The molecular formula is C15H25N3O2S. The van der Waals surface area contributed by atoms with Gasteiger partial charge in [0.05, 0.1) is 4.90 Å². The molecule has 1 fully saturated rings. The van der Waals surface area contributed by atoms with Gasteiger partial charge in [0, 0.05) is 18.8 Å². The molecule has 0 radical (unpaired) electrons. The van der Waals surface area contributed by atoms with Crippen molar-refractivity contribution in [1.29, 1.82) is 0 Å². The minimum absolute atomic E-state index is 0.305. The fourth-order valence-corrected chi connectivity index (χ4v) is 3.53. The Balaban J connectivity index is 2.07. The fourth-order valence-electron chi connectivity index (χ4n) is 2.77. The number of likely N-dealkylation sites (tertiary alicyclic amines) is 1. The second-order valence-corrected chi connectivity index (χ2v) is 7.72. The number of piperidine rings is 1. The predicted octanol–water partition coefficient (Wildman–Crippen LogP) is 1.66. The Labute approximate surface area is 127 Å². The fraction of sp³-hybridized carbons (Fsp3) is 0.600. The summed E-state index contributed by atoms with van der Waals surface area (Å²) in [6, 6.07) is 5.20. The molecule has 1 atom stereocenters. The smallest absolute Gasteiger partial charge is 0.240 e. The number of aryl methyl sites for hydroxylation is 1. The van der Waals surface area contributed by atoms with Crippen molar-refractivity contribution >= 4 is 15.7 Å². The van der Waals surface area contributed by atoms with Crippen LogP contribution >= 0.6 is 0 Å². The van der Waals surface area contributed by atoms with Crippen LogP contribution < -0.4 is 10.0 Å². The normalized spacial score (nSPS) is 20.4. The van der Waals surface area contributed by atoms with Gasteiger partial charge in [-0.25, -0.2) is 13.1 Å². The molecule has 1 heterocycles. The Morgan fingerprint density at radius 1 is 1.38 bits per heavy atom. The van der Waals surface area contributed by atoms with E-state index in [1.54, 1.807) is 12.1 Å². The molecule has 1 saturated heterocycles. The van der Waals surface area contributed by atoms with Gasteiger partial charge in [-0.15, -0.1) is 0 Å². The van der Waals surface area contributed by atoms with Crippen LogP contribution in [0.4, 0.5) is 5.69 Å². The molecule has 0 aromatic heterocycles. The number of rotatable bonds is 5. The lowest BCUT2D eigenvalue weighted by molar-refractivity contribution is 0.217. The molecule has 2 rings (SSSR count). The quantitative estimate of drug-likeness (QED) is 0.868. The SMILES string of the molecule is CNS(=O)(=O)c1ccc(C)c(NCC2CCCN(C)C2)c1. The van der Waals surface area contributed by atoms with Crippen LogP contribution in [0.15, 0.2) is 23.1 Å². The Hall–Kier alpha value is -1.11. The van der Waals surface area contributed by atoms with E-state index in [2.05, 4.69) is 22.0 Å². The maximum atomic E-state index is 11.9. The molecule has 5 nitrogen and oxygen atoms in total. The van der Waals surface area contributed by atoms with E-state index < -0.39 is 10.0 Å². The molecule has 0 aliphatic carbocycles. The highest BCUT2D eigenvalue weighted by Gasteiger charge is 2.18. The number of anilines is 1. The van der Waals surface area contributed by atoms with Gasteiger partial charge in [0.25, 0.3) is 0 Å². The van der Waals surface area contributed by atoms with Crippen LogP contribution in [0.5, 0.6) is 0 Å². The van der Waals surface area contributed by atoms with Crippen molar-refractivity contribution in [3.8, 4) is 0 Å². The van der Waals surface area contributed by atoms with Gasteiger partial charge in [-0.1, -0.05) is 6.07 Å². The van der Waals surface area contributed by atoms with Crippen molar-refractivity contribution in [2.75, 3.05) is 39.0 Å². The van der Waals surface area contributed by atoms with Crippen molar-refractivity contribution < 1.29 is 8.42 Å². The molecule has 1 unspecified atom stereocenters. The van der Waals surface area contributed by atoms with Gasteiger partial charge in [-0.3, -0.25) is 0 Å². The maximum absolute atomic E-state index is 11.9. The van der Waals surface area contributed by atoms with E-state index in [9.17, 15) is 8.42 Å². The first kappa shape index (κ1) is 16.3. The number of hydrogen-bond donors (Lipinski definition) is 2. The number of benzene rings is 1. The summed E-state index contributed by atoms with van der Waals surface area (Å²) in [6.45, 7) is 5.14. The minimum Gasteiger partial charge on any atom is -0.384 e. The molecule has 2 N–H and O–H groups in total. The molecule has 0 saturated carbocycles. The van der Waals surface area contributed by atoms with Crippen LogP contribution in [0.1, 0.15) is 18.4 Å². The van der Waals surface area contributed by atoms with E-state index in [-0.39, 0.29) is 0 Å². The van der Waals surface area contributed by atoms with Crippen molar-refractivity contribution in [1.82, 2.24) is 9.62 Å². The third-order valence-corrected chi connectivity index (χ3v) is 5.50. The second kappa shape index (κ2) is 6.77. The Morgan fingerprint density at radius 2 is 2.14 bits per heavy atom. The predicted molar refractivity (Wildman–Crippen MR) is 86.1 cm³/mol. The molecule has 1 aromatic rings. The van der Waals surface area contributed by atoms with Crippen LogP contribution in [-0.4, -0.2) is 47.0 Å². The van der Waals surface area contributed by atoms with Crippen LogP contribution in [0.2, 0.25) is 0 Å². The summed E-state index contributed by atoms with van der Waals surface area (Å²) in [5.74, 6) is 0.618. The highest BCUT2D eigenvalue weighted by molar-refractivity contribution is 7.89. The van der Waals surface area contributed by atoms with E-state index in [1.165, 1.54) is 26.4 Å². The van der Waals surface area contributed by atoms with Gasteiger partial charge >= 0.3 is 0 Å². The van der Waals surface area contributed by atoms with Crippen LogP contribution in [0.25, 0.3) is 0 Å². The average molecular weight is 311 g/mol. The molecule has 1 aliphatic heterocycles. The van der Waals surface area contributed by atoms with Crippen LogP contribution in [0.3, 0.4) is 0 Å². The van der Waals surface area contributed by atoms with Crippen LogP contribution in [0, 0.1) is 12.8 Å². The summed E-state index contributed by atoms with van der Waals surface area (Å²) in [6.07, 6.45) is 2.46. The molecular weight excluding hydrogens is 286 g/mol. The van der Waals surface area contributed by atoms with Crippen molar-refractivity contribution in [3.63, 3.8) is 0 Å². The Bertz CT molecular complexity index is 587. The maximum Gasteiger partial charge on any atom is 0.240 e. The molecule has 0 bridgehead atoms. The zero-order chi connectivity index (χ0) is 15.5. The first-order valence-corrected chi connectivity index (χ1v) is 8.87.